The number of aryl methyl sites for hydroxylation is 2. The number of hydrogen-bond acceptors (Lipinski definition) is 3. The summed E-state index contributed by atoms with van der Waals surface area (Å²) >= 11 is 0. The smallest absolute Gasteiger partial charge is 0.122 e. The van der Waals surface area contributed by atoms with Crippen LogP contribution in [0.25, 0.3) is 0 Å². The van der Waals surface area contributed by atoms with Crippen LogP contribution in [-0.2, 0) is 6.54 Å². The van der Waals surface area contributed by atoms with E-state index in [1.165, 1.54) is 11.1 Å². The first-order valence-electron chi connectivity index (χ1n) is 6.90. The van der Waals surface area contributed by atoms with Gasteiger partial charge in [-0.05, 0) is 26.3 Å². The average molecular weight is 270 g/mol. The Kier molecular flexibility index (Phi) is 4.74. The molecular weight excluding hydrogens is 248 g/mol. The van der Waals surface area contributed by atoms with Gasteiger partial charge < -0.3 is 10.1 Å². The molecule has 1 aromatic carbocycles. The SMILES string of the molecule is COc1cc(C)nc(CN[C@H](C)c2ccc(C)cc2)c1. The van der Waals surface area contributed by atoms with Gasteiger partial charge in [-0.15, -0.1) is 0 Å². The van der Waals surface area contributed by atoms with Gasteiger partial charge in [-0.3, -0.25) is 4.98 Å². The van der Waals surface area contributed by atoms with Gasteiger partial charge in [-0.1, -0.05) is 29.8 Å². The van der Waals surface area contributed by atoms with Crippen molar-refractivity contribution in [2.75, 3.05) is 7.11 Å². The number of pyridine rings is 1. The second kappa shape index (κ2) is 6.53. The van der Waals surface area contributed by atoms with Crippen molar-refractivity contribution in [3.05, 3.63) is 58.9 Å². The lowest BCUT2D eigenvalue weighted by Crippen LogP contribution is -2.19. The molecule has 0 saturated carbocycles. The third kappa shape index (κ3) is 3.81. The number of hydrogen-bond donors (Lipinski definition) is 1. The summed E-state index contributed by atoms with van der Waals surface area (Å²) in [7, 11) is 1.68. The van der Waals surface area contributed by atoms with Gasteiger partial charge in [0, 0.05) is 30.4 Å². The fraction of sp³-hybridized carbons (Fsp3) is 0.353. The molecule has 0 amide bonds. The topological polar surface area (TPSA) is 34.1 Å². The summed E-state index contributed by atoms with van der Waals surface area (Å²) < 4.78 is 5.27. The lowest BCUT2D eigenvalue weighted by Gasteiger charge is -2.15. The molecule has 1 atom stereocenters. The molecule has 0 aliphatic rings. The van der Waals surface area contributed by atoms with Crippen LogP contribution in [0.15, 0.2) is 36.4 Å². The highest BCUT2D eigenvalue weighted by Crippen LogP contribution is 2.16. The number of methoxy groups -OCH3 is 1. The van der Waals surface area contributed by atoms with Crippen molar-refractivity contribution in [3.63, 3.8) is 0 Å². The van der Waals surface area contributed by atoms with E-state index in [1.54, 1.807) is 7.11 Å². The molecule has 1 heterocycles. The normalized spacial score (nSPS) is 12.2. The van der Waals surface area contributed by atoms with Crippen LogP contribution in [0.1, 0.15) is 35.5 Å². The van der Waals surface area contributed by atoms with Crippen molar-refractivity contribution >= 4 is 0 Å². The Morgan fingerprint density at radius 1 is 1.15 bits per heavy atom. The Morgan fingerprint density at radius 2 is 1.85 bits per heavy atom. The van der Waals surface area contributed by atoms with Crippen molar-refractivity contribution in [1.29, 1.82) is 0 Å². The summed E-state index contributed by atoms with van der Waals surface area (Å²) in [4.78, 5) is 4.52. The van der Waals surface area contributed by atoms with E-state index in [4.69, 9.17) is 4.74 Å². The minimum atomic E-state index is 0.295. The number of nitrogens with one attached hydrogen (secondary N) is 1. The Labute approximate surface area is 121 Å². The Hall–Kier alpha value is -1.87. The number of rotatable bonds is 5. The highest BCUT2D eigenvalue weighted by molar-refractivity contribution is 5.27. The highest BCUT2D eigenvalue weighted by Gasteiger charge is 2.06. The molecule has 20 heavy (non-hydrogen) atoms. The maximum atomic E-state index is 5.27. The summed E-state index contributed by atoms with van der Waals surface area (Å²) in [5, 5.41) is 3.50. The van der Waals surface area contributed by atoms with E-state index in [0.717, 1.165) is 23.7 Å². The third-order valence-corrected chi connectivity index (χ3v) is 3.38. The minimum absolute atomic E-state index is 0.295. The summed E-state index contributed by atoms with van der Waals surface area (Å²) in [5.74, 6) is 0.859. The summed E-state index contributed by atoms with van der Waals surface area (Å²) in [6, 6.07) is 12.8. The summed E-state index contributed by atoms with van der Waals surface area (Å²) in [5.41, 5.74) is 4.55. The Morgan fingerprint density at radius 3 is 2.50 bits per heavy atom. The van der Waals surface area contributed by atoms with Crippen LogP contribution in [0.2, 0.25) is 0 Å². The zero-order valence-electron chi connectivity index (χ0n) is 12.6. The predicted molar refractivity (Wildman–Crippen MR) is 82.0 cm³/mol. The second-order valence-electron chi connectivity index (χ2n) is 5.15. The molecule has 0 aliphatic carbocycles. The first kappa shape index (κ1) is 14.5. The molecule has 0 bridgehead atoms. The zero-order chi connectivity index (χ0) is 14.5. The van der Waals surface area contributed by atoms with Crippen molar-refractivity contribution in [1.82, 2.24) is 10.3 Å². The van der Waals surface area contributed by atoms with Crippen molar-refractivity contribution in [3.8, 4) is 5.75 Å². The van der Waals surface area contributed by atoms with Crippen LogP contribution in [0.3, 0.4) is 0 Å². The molecule has 106 valence electrons. The van der Waals surface area contributed by atoms with Crippen molar-refractivity contribution < 1.29 is 4.74 Å². The Balaban J connectivity index is 2.01. The second-order valence-corrected chi connectivity index (χ2v) is 5.15. The molecule has 1 aromatic heterocycles. The zero-order valence-corrected chi connectivity index (χ0v) is 12.6. The highest BCUT2D eigenvalue weighted by atomic mass is 16.5. The van der Waals surface area contributed by atoms with Gasteiger partial charge >= 0.3 is 0 Å². The molecule has 0 radical (unpaired) electrons. The maximum Gasteiger partial charge on any atom is 0.122 e. The van der Waals surface area contributed by atoms with Gasteiger partial charge in [0.05, 0.1) is 12.8 Å². The van der Waals surface area contributed by atoms with Gasteiger partial charge in [0.2, 0.25) is 0 Å². The van der Waals surface area contributed by atoms with Crippen molar-refractivity contribution in [2.45, 2.75) is 33.4 Å². The fourth-order valence-electron chi connectivity index (χ4n) is 2.14. The van der Waals surface area contributed by atoms with Crippen LogP contribution < -0.4 is 10.1 Å². The van der Waals surface area contributed by atoms with E-state index in [0.29, 0.717) is 6.04 Å². The number of aromatic nitrogens is 1. The van der Waals surface area contributed by atoms with Crippen LogP contribution in [-0.4, -0.2) is 12.1 Å². The van der Waals surface area contributed by atoms with Gasteiger partial charge in [-0.25, -0.2) is 0 Å². The number of benzene rings is 1. The summed E-state index contributed by atoms with van der Waals surface area (Å²) in [6.07, 6.45) is 0. The van der Waals surface area contributed by atoms with E-state index in [2.05, 4.69) is 48.4 Å². The van der Waals surface area contributed by atoms with Crippen LogP contribution >= 0.6 is 0 Å². The lowest BCUT2D eigenvalue weighted by molar-refractivity contribution is 0.412. The monoisotopic (exact) mass is 270 g/mol. The quantitative estimate of drug-likeness (QED) is 0.902. The molecule has 2 rings (SSSR count). The lowest BCUT2D eigenvalue weighted by atomic mass is 10.1. The van der Waals surface area contributed by atoms with Crippen molar-refractivity contribution in [2.24, 2.45) is 0 Å². The molecule has 0 saturated heterocycles. The van der Waals surface area contributed by atoms with Gasteiger partial charge in [0.15, 0.2) is 0 Å². The van der Waals surface area contributed by atoms with Crippen LogP contribution in [0, 0.1) is 13.8 Å². The molecule has 0 spiro atoms. The minimum Gasteiger partial charge on any atom is -0.497 e. The van der Waals surface area contributed by atoms with E-state index in [-0.39, 0.29) is 0 Å². The number of nitrogens with zero attached hydrogens (tertiary/aromatic N) is 1. The number of ether oxygens (including phenoxy) is 1. The molecule has 0 fully saturated rings. The molecule has 2 aromatic rings. The Bertz CT molecular complexity index is 564. The van der Waals surface area contributed by atoms with Gasteiger partial charge in [0.1, 0.15) is 5.75 Å². The molecule has 3 nitrogen and oxygen atoms in total. The molecule has 1 N–H and O–H groups in total. The summed E-state index contributed by atoms with van der Waals surface area (Å²) in [6.45, 7) is 6.98. The van der Waals surface area contributed by atoms with Crippen LogP contribution in [0.4, 0.5) is 0 Å². The largest absolute Gasteiger partial charge is 0.497 e. The standard InChI is InChI=1S/C17H22N2O/c1-12-5-7-15(8-6-12)14(3)18-11-16-10-17(20-4)9-13(2)19-16/h5-10,14,18H,11H2,1-4H3/t14-/m1/s1. The van der Waals surface area contributed by atoms with E-state index < -0.39 is 0 Å². The van der Waals surface area contributed by atoms with Crippen LogP contribution in [0.5, 0.6) is 5.75 Å². The average Bonchev–Trinajstić information content (AvgIpc) is 2.45. The molecule has 0 unspecified atom stereocenters. The van der Waals surface area contributed by atoms with E-state index >= 15 is 0 Å². The first-order chi connectivity index (χ1) is 9.58. The van der Waals surface area contributed by atoms with Gasteiger partial charge in [-0.2, -0.15) is 0 Å². The third-order valence-electron chi connectivity index (χ3n) is 3.38. The van der Waals surface area contributed by atoms with E-state index in [1.807, 2.05) is 19.1 Å². The molecular formula is C17H22N2O. The molecule has 3 heteroatoms. The maximum absolute atomic E-state index is 5.27. The van der Waals surface area contributed by atoms with Gasteiger partial charge in [0.25, 0.3) is 0 Å². The van der Waals surface area contributed by atoms with E-state index in [9.17, 15) is 0 Å². The fourth-order valence-corrected chi connectivity index (χ4v) is 2.14. The first-order valence-corrected chi connectivity index (χ1v) is 6.90. The molecule has 0 aliphatic heterocycles. The predicted octanol–water partition coefficient (Wildman–Crippen LogP) is 3.56.